The molecule has 26 heavy (non-hydrogen) atoms. The van der Waals surface area contributed by atoms with E-state index in [0.29, 0.717) is 24.2 Å². The molecule has 1 saturated carbocycles. The van der Waals surface area contributed by atoms with E-state index in [1.54, 1.807) is 4.68 Å². The van der Waals surface area contributed by atoms with E-state index in [-0.39, 0.29) is 5.91 Å². The molecule has 1 aliphatic carbocycles. The number of nitrogens with one attached hydrogen (secondary N) is 1. The van der Waals surface area contributed by atoms with Crippen LogP contribution < -0.4 is 5.32 Å². The molecule has 6 heteroatoms. The van der Waals surface area contributed by atoms with E-state index in [9.17, 15) is 9.59 Å². The quantitative estimate of drug-likeness (QED) is 0.876. The number of rotatable bonds is 5. The number of amides is 2. The van der Waals surface area contributed by atoms with Crippen LogP contribution in [0, 0.1) is 18.8 Å². The van der Waals surface area contributed by atoms with Crippen LogP contribution in [0.4, 0.5) is 5.69 Å². The SMILES string of the molecule is Cc1nn(C)cc1NC(=O)CC1CCN(C(=O)CC2CCCCC2)CC1. The third-order valence-corrected chi connectivity index (χ3v) is 5.92. The van der Waals surface area contributed by atoms with Crippen molar-refractivity contribution in [3.63, 3.8) is 0 Å². The molecule has 1 saturated heterocycles. The van der Waals surface area contributed by atoms with Gasteiger partial charge < -0.3 is 10.2 Å². The minimum absolute atomic E-state index is 0.0492. The Kier molecular flexibility index (Phi) is 6.33. The van der Waals surface area contributed by atoms with E-state index >= 15 is 0 Å². The van der Waals surface area contributed by atoms with Gasteiger partial charge in [0.2, 0.25) is 11.8 Å². The van der Waals surface area contributed by atoms with E-state index in [1.807, 2.05) is 25.1 Å². The van der Waals surface area contributed by atoms with Gasteiger partial charge in [0.15, 0.2) is 0 Å². The van der Waals surface area contributed by atoms with Gasteiger partial charge in [-0.1, -0.05) is 19.3 Å². The van der Waals surface area contributed by atoms with Gasteiger partial charge in [0.1, 0.15) is 0 Å². The summed E-state index contributed by atoms with van der Waals surface area (Å²) in [7, 11) is 1.85. The third-order valence-electron chi connectivity index (χ3n) is 5.92. The van der Waals surface area contributed by atoms with E-state index in [0.717, 1.165) is 43.7 Å². The molecular formula is C20H32N4O2. The van der Waals surface area contributed by atoms with Crippen LogP contribution in [0.3, 0.4) is 0 Å². The summed E-state index contributed by atoms with van der Waals surface area (Å²) in [5.41, 5.74) is 1.63. The summed E-state index contributed by atoms with van der Waals surface area (Å²) in [6, 6.07) is 0. The molecular weight excluding hydrogens is 328 g/mol. The van der Waals surface area contributed by atoms with Crippen molar-refractivity contribution in [3.8, 4) is 0 Å². The number of aryl methyl sites for hydroxylation is 2. The maximum absolute atomic E-state index is 12.5. The van der Waals surface area contributed by atoms with Gasteiger partial charge in [0.25, 0.3) is 0 Å². The molecule has 0 radical (unpaired) electrons. The minimum Gasteiger partial charge on any atom is -0.343 e. The summed E-state index contributed by atoms with van der Waals surface area (Å²) >= 11 is 0. The maximum atomic E-state index is 12.5. The highest BCUT2D eigenvalue weighted by molar-refractivity contribution is 5.91. The Bertz CT molecular complexity index is 626. The predicted octanol–water partition coefficient (Wildman–Crippen LogP) is 3.27. The van der Waals surface area contributed by atoms with Crippen molar-refractivity contribution in [2.45, 2.75) is 64.7 Å². The van der Waals surface area contributed by atoms with E-state index < -0.39 is 0 Å². The molecule has 1 N–H and O–H groups in total. The van der Waals surface area contributed by atoms with Crippen molar-refractivity contribution < 1.29 is 9.59 Å². The number of hydrogen-bond acceptors (Lipinski definition) is 3. The molecule has 2 amide bonds. The van der Waals surface area contributed by atoms with Gasteiger partial charge in [-0.3, -0.25) is 14.3 Å². The topological polar surface area (TPSA) is 67.2 Å². The number of aromatic nitrogens is 2. The van der Waals surface area contributed by atoms with Crippen LogP contribution in [0.5, 0.6) is 0 Å². The molecule has 0 bridgehead atoms. The Morgan fingerprint density at radius 2 is 1.73 bits per heavy atom. The summed E-state index contributed by atoms with van der Waals surface area (Å²) in [6.07, 6.45) is 11.3. The Labute approximate surface area is 156 Å². The Morgan fingerprint density at radius 1 is 1.08 bits per heavy atom. The standard InChI is InChI=1S/C20H32N4O2/c1-15-18(14-23(2)22-15)21-19(25)12-17-8-10-24(11-9-17)20(26)13-16-6-4-3-5-7-16/h14,16-17H,3-13H2,1-2H3,(H,21,25). The van der Waals surface area contributed by atoms with Gasteiger partial charge in [-0.25, -0.2) is 0 Å². The predicted molar refractivity (Wildman–Crippen MR) is 102 cm³/mol. The van der Waals surface area contributed by atoms with Crippen LogP contribution in [0.2, 0.25) is 0 Å². The third kappa shape index (κ3) is 5.08. The van der Waals surface area contributed by atoms with Crippen LogP contribution in [0.1, 0.15) is 63.5 Å². The highest BCUT2D eigenvalue weighted by Gasteiger charge is 2.26. The fourth-order valence-electron chi connectivity index (χ4n) is 4.34. The lowest BCUT2D eigenvalue weighted by Gasteiger charge is -2.33. The molecule has 0 atom stereocenters. The lowest BCUT2D eigenvalue weighted by atomic mass is 9.86. The van der Waals surface area contributed by atoms with Crippen molar-refractivity contribution in [3.05, 3.63) is 11.9 Å². The molecule has 0 unspecified atom stereocenters. The van der Waals surface area contributed by atoms with Gasteiger partial charge in [0.05, 0.1) is 11.4 Å². The number of likely N-dealkylation sites (tertiary alicyclic amines) is 1. The second kappa shape index (κ2) is 8.69. The molecule has 0 spiro atoms. The fraction of sp³-hybridized carbons (Fsp3) is 0.750. The smallest absolute Gasteiger partial charge is 0.224 e. The molecule has 2 fully saturated rings. The minimum atomic E-state index is 0.0492. The molecule has 0 aromatic carbocycles. The molecule has 1 aromatic heterocycles. The van der Waals surface area contributed by atoms with Gasteiger partial charge in [-0.15, -0.1) is 0 Å². The average molecular weight is 361 g/mol. The molecule has 3 rings (SSSR count). The molecule has 1 aliphatic heterocycles. The summed E-state index contributed by atoms with van der Waals surface area (Å²) in [6.45, 7) is 3.50. The van der Waals surface area contributed by atoms with Crippen molar-refractivity contribution in [2.75, 3.05) is 18.4 Å². The zero-order valence-electron chi connectivity index (χ0n) is 16.2. The second-order valence-corrected chi connectivity index (χ2v) is 8.09. The number of nitrogens with zero attached hydrogens (tertiary/aromatic N) is 3. The number of hydrogen-bond donors (Lipinski definition) is 1. The summed E-state index contributed by atoms with van der Waals surface area (Å²) in [5.74, 6) is 1.34. The van der Waals surface area contributed by atoms with Crippen LogP contribution in [0.25, 0.3) is 0 Å². The lowest BCUT2D eigenvalue weighted by molar-refractivity contribution is -0.133. The number of anilines is 1. The summed E-state index contributed by atoms with van der Waals surface area (Å²) < 4.78 is 1.71. The average Bonchev–Trinajstić information content (AvgIpc) is 2.93. The Hall–Kier alpha value is -1.85. The van der Waals surface area contributed by atoms with E-state index in [1.165, 1.54) is 32.1 Å². The number of carbonyl (C=O) groups is 2. The normalized spacial score (nSPS) is 19.5. The van der Waals surface area contributed by atoms with Crippen molar-refractivity contribution in [1.29, 1.82) is 0 Å². The first kappa shape index (κ1) is 18.9. The number of carbonyl (C=O) groups excluding carboxylic acids is 2. The molecule has 2 aliphatic rings. The maximum Gasteiger partial charge on any atom is 0.224 e. The Morgan fingerprint density at radius 3 is 2.35 bits per heavy atom. The van der Waals surface area contributed by atoms with Gasteiger partial charge in [0, 0.05) is 39.2 Å². The first-order chi connectivity index (χ1) is 12.5. The summed E-state index contributed by atoms with van der Waals surface area (Å²) in [5, 5.41) is 7.21. The zero-order chi connectivity index (χ0) is 18.5. The fourth-order valence-corrected chi connectivity index (χ4v) is 4.34. The van der Waals surface area contributed by atoms with Crippen LogP contribution in [-0.2, 0) is 16.6 Å². The zero-order valence-corrected chi connectivity index (χ0v) is 16.2. The highest BCUT2D eigenvalue weighted by atomic mass is 16.2. The monoisotopic (exact) mass is 360 g/mol. The first-order valence-electron chi connectivity index (χ1n) is 10.1. The molecule has 6 nitrogen and oxygen atoms in total. The van der Waals surface area contributed by atoms with Gasteiger partial charge >= 0.3 is 0 Å². The lowest BCUT2D eigenvalue weighted by Crippen LogP contribution is -2.40. The molecule has 1 aromatic rings. The van der Waals surface area contributed by atoms with E-state index in [2.05, 4.69) is 10.4 Å². The van der Waals surface area contributed by atoms with Crippen LogP contribution in [0.15, 0.2) is 6.20 Å². The second-order valence-electron chi connectivity index (χ2n) is 8.09. The van der Waals surface area contributed by atoms with Crippen LogP contribution >= 0.6 is 0 Å². The van der Waals surface area contributed by atoms with E-state index in [4.69, 9.17) is 0 Å². The van der Waals surface area contributed by atoms with Crippen LogP contribution in [-0.4, -0.2) is 39.6 Å². The Balaban J connectivity index is 1.39. The largest absolute Gasteiger partial charge is 0.343 e. The highest BCUT2D eigenvalue weighted by Crippen LogP contribution is 2.28. The molecule has 144 valence electrons. The van der Waals surface area contributed by atoms with Crippen molar-refractivity contribution >= 4 is 17.5 Å². The van der Waals surface area contributed by atoms with Gasteiger partial charge in [-0.05, 0) is 44.4 Å². The summed E-state index contributed by atoms with van der Waals surface area (Å²) in [4.78, 5) is 26.8. The van der Waals surface area contributed by atoms with Crippen molar-refractivity contribution in [1.82, 2.24) is 14.7 Å². The first-order valence-corrected chi connectivity index (χ1v) is 10.1. The molecule has 2 heterocycles. The number of piperidine rings is 1. The van der Waals surface area contributed by atoms with Crippen molar-refractivity contribution in [2.24, 2.45) is 18.9 Å². The van der Waals surface area contributed by atoms with Gasteiger partial charge in [-0.2, -0.15) is 5.10 Å².